The summed E-state index contributed by atoms with van der Waals surface area (Å²) in [6.07, 6.45) is -3.78. The summed E-state index contributed by atoms with van der Waals surface area (Å²) in [5, 5.41) is 18.6. The van der Waals surface area contributed by atoms with Crippen LogP contribution >= 0.6 is 23.1 Å². The number of benzene rings is 3. The van der Waals surface area contributed by atoms with Gasteiger partial charge in [-0.2, -0.15) is 18.4 Å². The minimum Gasteiger partial charge on any atom is -0.482 e. The van der Waals surface area contributed by atoms with E-state index >= 15 is 0 Å². The van der Waals surface area contributed by atoms with Crippen molar-refractivity contribution in [2.45, 2.75) is 36.6 Å². The molecule has 1 heterocycles. The van der Waals surface area contributed by atoms with E-state index in [1.807, 2.05) is 38.1 Å². The molecule has 0 radical (unpaired) electrons. The zero-order chi connectivity index (χ0) is 28.2. The van der Waals surface area contributed by atoms with Crippen LogP contribution in [-0.2, 0) is 17.4 Å². The maximum absolute atomic E-state index is 13.0. The Labute approximate surface area is 231 Å². The zero-order valence-electron chi connectivity index (χ0n) is 21.0. The van der Waals surface area contributed by atoms with Gasteiger partial charge in [0.15, 0.2) is 6.61 Å². The number of thiazole rings is 1. The summed E-state index contributed by atoms with van der Waals surface area (Å²) in [7, 11) is 0. The Morgan fingerprint density at radius 1 is 1.10 bits per heavy atom. The van der Waals surface area contributed by atoms with Gasteiger partial charge in [-0.05, 0) is 73.9 Å². The van der Waals surface area contributed by atoms with Crippen LogP contribution in [0.5, 0.6) is 5.75 Å². The van der Waals surface area contributed by atoms with Gasteiger partial charge in [-0.1, -0.05) is 24.3 Å². The number of nitriles is 1. The van der Waals surface area contributed by atoms with E-state index in [0.717, 1.165) is 38.7 Å². The van der Waals surface area contributed by atoms with E-state index in [0.29, 0.717) is 28.3 Å². The molecule has 4 aromatic rings. The normalized spacial score (nSPS) is 12.1. The third-order valence-electron chi connectivity index (χ3n) is 5.86. The van der Waals surface area contributed by atoms with Crippen molar-refractivity contribution in [3.8, 4) is 22.4 Å². The molecule has 0 aliphatic carbocycles. The third-order valence-corrected chi connectivity index (χ3v) is 8.55. The summed E-state index contributed by atoms with van der Waals surface area (Å²) >= 11 is 3.05. The third kappa shape index (κ3) is 7.19. The number of hydrogen-bond acceptors (Lipinski definition) is 6. The van der Waals surface area contributed by atoms with E-state index in [-0.39, 0.29) is 5.25 Å². The van der Waals surface area contributed by atoms with E-state index in [9.17, 15) is 18.0 Å². The monoisotopic (exact) mass is 568 g/mol. The van der Waals surface area contributed by atoms with Crippen LogP contribution in [0.3, 0.4) is 0 Å². The number of aliphatic carboxylic acids is 1. The number of ether oxygens (including phenoxy) is 1. The first-order valence-electron chi connectivity index (χ1n) is 11.8. The fourth-order valence-electron chi connectivity index (χ4n) is 3.91. The van der Waals surface area contributed by atoms with Gasteiger partial charge in [-0.15, -0.1) is 23.1 Å². The Morgan fingerprint density at radius 2 is 1.79 bits per heavy atom. The molecule has 1 aromatic heterocycles. The van der Waals surface area contributed by atoms with Crippen LogP contribution in [0.25, 0.3) is 10.6 Å². The van der Waals surface area contributed by atoms with Crippen LogP contribution in [0.15, 0.2) is 71.6 Å². The lowest BCUT2D eigenvalue weighted by Crippen LogP contribution is -2.10. The summed E-state index contributed by atoms with van der Waals surface area (Å²) in [5.41, 5.74) is 3.08. The summed E-state index contributed by atoms with van der Waals surface area (Å²) < 4.78 is 44.4. The Balaban J connectivity index is 1.65. The van der Waals surface area contributed by atoms with Crippen molar-refractivity contribution in [2.75, 3.05) is 6.61 Å². The number of thioether (sulfide) groups is 1. The standard InChI is InChI=1S/C29H23F3N2O3S2/c1-17-13-23(11-12-24(17)37-16-26(35)36)38-25(14-19-3-5-20(15-33)6-4-19)27-18(2)34-28(39-27)21-7-9-22(10-8-21)29(30,31)32/h3-13,25H,14,16H2,1-2H3,(H,35,36). The Kier molecular flexibility index (Phi) is 8.63. The van der Waals surface area contributed by atoms with Gasteiger partial charge in [0, 0.05) is 20.6 Å². The Morgan fingerprint density at radius 3 is 2.38 bits per heavy atom. The molecule has 3 aromatic carbocycles. The van der Waals surface area contributed by atoms with Crippen LogP contribution in [-0.4, -0.2) is 22.7 Å². The summed E-state index contributed by atoms with van der Waals surface area (Å²) in [5.74, 6) is -0.566. The van der Waals surface area contributed by atoms with Crippen molar-refractivity contribution >= 4 is 29.1 Å². The molecular weight excluding hydrogens is 545 g/mol. The highest BCUT2D eigenvalue weighted by atomic mass is 32.2. The number of carbonyl (C=O) groups is 1. The molecule has 0 aliphatic heterocycles. The van der Waals surface area contributed by atoms with Crippen molar-refractivity contribution in [1.82, 2.24) is 4.98 Å². The average Bonchev–Trinajstić information content (AvgIpc) is 3.29. The minimum atomic E-state index is -4.41. The molecule has 1 atom stereocenters. The summed E-state index contributed by atoms with van der Waals surface area (Å²) in [4.78, 5) is 17.5. The number of alkyl halides is 3. The Hall–Kier alpha value is -3.81. The second-order valence-corrected chi connectivity index (χ2v) is 11.1. The molecule has 0 spiro atoms. The number of rotatable bonds is 9. The SMILES string of the molecule is Cc1cc(SC(Cc2ccc(C#N)cc2)c2sc(-c3ccc(C(F)(F)F)cc3)nc2C)ccc1OCC(=O)O. The van der Waals surface area contributed by atoms with Crippen molar-refractivity contribution in [3.63, 3.8) is 0 Å². The van der Waals surface area contributed by atoms with Gasteiger partial charge in [0.05, 0.1) is 22.9 Å². The predicted molar refractivity (Wildman–Crippen MR) is 145 cm³/mol. The predicted octanol–water partition coefficient (Wildman–Crippen LogP) is 7.86. The smallest absolute Gasteiger partial charge is 0.416 e. The number of carboxylic acids is 1. The fourth-order valence-corrected chi connectivity index (χ4v) is 6.53. The number of nitrogens with zero attached hydrogens (tertiary/aromatic N) is 2. The first kappa shape index (κ1) is 28.2. The van der Waals surface area contributed by atoms with Crippen LogP contribution in [0.1, 0.15) is 38.1 Å². The van der Waals surface area contributed by atoms with Crippen LogP contribution < -0.4 is 4.74 Å². The molecule has 0 amide bonds. The van der Waals surface area contributed by atoms with Crippen molar-refractivity contribution in [2.24, 2.45) is 0 Å². The quantitative estimate of drug-likeness (QED) is 0.207. The van der Waals surface area contributed by atoms with Gasteiger partial charge >= 0.3 is 12.1 Å². The zero-order valence-corrected chi connectivity index (χ0v) is 22.6. The number of aryl methyl sites for hydroxylation is 2. The molecule has 5 nitrogen and oxygen atoms in total. The number of halogens is 3. The molecule has 0 saturated heterocycles. The number of aromatic nitrogens is 1. The van der Waals surface area contributed by atoms with Gasteiger partial charge in [0.1, 0.15) is 10.8 Å². The van der Waals surface area contributed by atoms with Crippen molar-refractivity contribution in [3.05, 3.63) is 99.6 Å². The molecule has 4 rings (SSSR count). The maximum Gasteiger partial charge on any atom is 0.416 e. The molecule has 0 saturated carbocycles. The molecule has 1 N–H and O–H groups in total. The van der Waals surface area contributed by atoms with Gasteiger partial charge in [0.25, 0.3) is 0 Å². The van der Waals surface area contributed by atoms with Crippen molar-refractivity contribution < 1.29 is 27.8 Å². The highest BCUT2D eigenvalue weighted by molar-refractivity contribution is 7.99. The molecule has 200 valence electrons. The first-order chi connectivity index (χ1) is 18.5. The van der Waals surface area contributed by atoms with Gasteiger partial charge in [-0.25, -0.2) is 9.78 Å². The second-order valence-electron chi connectivity index (χ2n) is 8.77. The lowest BCUT2D eigenvalue weighted by molar-refractivity contribution is -0.139. The molecular formula is C29H23F3N2O3S2. The van der Waals surface area contributed by atoms with E-state index < -0.39 is 24.3 Å². The highest BCUT2D eigenvalue weighted by Gasteiger charge is 2.30. The molecule has 1 unspecified atom stereocenters. The van der Waals surface area contributed by atoms with Crippen LogP contribution in [0.2, 0.25) is 0 Å². The number of hydrogen-bond donors (Lipinski definition) is 1. The average molecular weight is 569 g/mol. The largest absolute Gasteiger partial charge is 0.482 e. The van der Waals surface area contributed by atoms with E-state index in [2.05, 4.69) is 11.1 Å². The van der Waals surface area contributed by atoms with Crippen LogP contribution in [0, 0.1) is 25.2 Å². The minimum absolute atomic E-state index is 0.0798. The molecule has 10 heteroatoms. The Bertz CT molecular complexity index is 1510. The van der Waals surface area contributed by atoms with E-state index in [1.54, 1.807) is 30.0 Å². The highest BCUT2D eigenvalue weighted by Crippen LogP contribution is 2.44. The van der Waals surface area contributed by atoms with Gasteiger partial charge < -0.3 is 9.84 Å². The fraction of sp³-hybridized carbons (Fsp3) is 0.207. The molecule has 0 fully saturated rings. The number of carboxylic acid groups (broad SMARTS) is 1. The molecule has 0 aliphatic rings. The van der Waals surface area contributed by atoms with Gasteiger partial charge in [0.2, 0.25) is 0 Å². The van der Waals surface area contributed by atoms with E-state index in [4.69, 9.17) is 15.1 Å². The topological polar surface area (TPSA) is 83.2 Å². The van der Waals surface area contributed by atoms with E-state index in [1.165, 1.54) is 23.5 Å². The lowest BCUT2D eigenvalue weighted by atomic mass is 10.1. The summed E-state index contributed by atoms with van der Waals surface area (Å²) in [6.45, 7) is 3.30. The lowest BCUT2D eigenvalue weighted by Gasteiger charge is -2.17. The van der Waals surface area contributed by atoms with Crippen molar-refractivity contribution in [1.29, 1.82) is 5.26 Å². The molecule has 0 bridgehead atoms. The van der Waals surface area contributed by atoms with Crippen LogP contribution in [0.4, 0.5) is 13.2 Å². The maximum atomic E-state index is 13.0. The summed E-state index contributed by atoms with van der Waals surface area (Å²) in [6, 6.07) is 20.0. The molecule has 39 heavy (non-hydrogen) atoms. The first-order valence-corrected chi connectivity index (χ1v) is 13.5. The van der Waals surface area contributed by atoms with Gasteiger partial charge in [-0.3, -0.25) is 0 Å². The second kappa shape index (κ2) is 11.9.